The van der Waals surface area contributed by atoms with Gasteiger partial charge in [-0.3, -0.25) is 0 Å². The van der Waals surface area contributed by atoms with Crippen LogP contribution in [0.1, 0.15) is 41.5 Å². The van der Waals surface area contributed by atoms with Crippen molar-refractivity contribution in [1.82, 2.24) is 0 Å². The summed E-state index contributed by atoms with van der Waals surface area (Å²) in [6.07, 6.45) is 0. The van der Waals surface area contributed by atoms with E-state index in [-0.39, 0.29) is 13.0 Å². The van der Waals surface area contributed by atoms with Crippen LogP contribution in [0.5, 0.6) is 0 Å². The SMILES string of the molecule is CC(C)(C)O.CC(C)(C)[N]=[Nb].C[N-]C.[CH3-]. The van der Waals surface area contributed by atoms with Crippen LogP contribution >= 0.6 is 0 Å². The van der Waals surface area contributed by atoms with Gasteiger partial charge in [0.15, 0.2) is 0 Å². The Morgan fingerprint density at radius 2 is 1.07 bits per heavy atom. The molecule has 0 aromatic heterocycles. The molecule has 0 unspecified atom stereocenters. The Labute approximate surface area is 109 Å². The summed E-state index contributed by atoms with van der Waals surface area (Å²) in [5.74, 6) is 0. The van der Waals surface area contributed by atoms with Crippen molar-refractivity contribution in [2.45, 2.75) is 52.7 Å². The molecule has 0 rings (SSSR count). The molecule has 0 amide bonds. The molecule has 0 aliphatic rings. The molecule has 1 N–H and O–H groups in total. The first kappa shape index (κ1) is 24.6. The van der Waals surface area contributed by atoms with Gasteiger partial charge in [0.25, 0.3) is 0 Å². The fourth-order valence-electron chi connectivity index (χ4n) is 0. The number of hydrogen-bond acceptors (Lipinski definition) is 2. The van der Waals surface area contributed by atoms with E-state index in [0.717, 1.165) is 0 Å². The summed E-state index contributed by atoms with van der Waals surface area (Å²) in [7, 11) is 3.50. The molecule has 0 aromatic carbocycles. The van der Waals surface area contributed by atoms with E-state index >= 15 is 0 Å². The minimum Gasteiger partial charge on any atom is -0.668 e. The van der Waals surface area contributed by atoms with E-state index < -0.39 is 5.60 Å². The Hall–Kier alpha value is 0.460. The summed E-state index contributed by atoms with van der Waals surface area (Å²) in [5.41, 5.74) is -0.311. The average molecular weight is 297 g/mol. The van der Waals surface area contributed by atoms with Gasteiger partial charge >= 0.3 is 50.5 Å². The second-order valence-electron chi connectivity index (χ2n) is 4.89. The Balaban J connectivity index is -0.0000000617. The van der Waals surface area contributed by atoms with Gasteiger partial charge in [-0.15, -0.1) is 0 Å². The van der Waals surface area contributed by atoms with Crippen molar-refractivity contribution in [3.05, 3.63) is 12.7 Å². The van der Waals surface area contributed by atoms with Crippen LogP contribution in [0.15, 0.2) is 3.34 Å². The molecular weight excluding hydrogens is 269 g/mol. The minimum atomic E-state index is -0.500. The number of hydrogen-bond donors (Lipinski definition) is 1. The first-order valence-electron chi connectivity index (χ1n) is 4.54. The van der Waals surface area contributed by atoms with Crippen LogP contribution in [0, 0.1) is 7.43 Å². The maximum atomic E-state index is 8.52. The van der Waals surface area contributed by atoms with Crippen molar-refractivity contribution in [1.29, 1.82) is 0 Å². The molecule has 0 spiro atoms. The zero-order valence-corrected chi connectivity index (χ0v) is 14.0. The molecule has 0 saturated heterocycles. The molecule has 0 saturated carbocycles. The Morgan fingerprint density at radius 1 is 1.00 bits per heavy atom. The summed E-state index contributed by atoms with van der Waals surface area (Å²) < 4.78 is 4.07. The third-order valence-corrected chi connectivity index (χ3v) is 1.77. The van der Waals surface area contributed by atoms with E-state index in [1.54, 1.807) is 34.9 Å². The van der Waals surface area contributed by atoms with E-state index in [1.807, 2.05) is 0 Å². The van der Waals surface area contributed by atoms with E-state index in [4.69, 9.17) is 5.11 Å². The molecule has 15 heavy (non-hydrogen) atoms. The zero-order chi connectivity index (χ0) is 12.4. The van der Waals surface area contributed by atoms with Gasteiger partial charge in [0.1, 0.15) is 0 Å². The second-order valence-corrected chi connectivity index (χ2v) is 5.38. The molecule has 0 heterocycles. The van der Waals surface area contributed by atoms with E-state index in [1.165, 1.54) is 20.9 Å². The average Bonchev–Trinajstić information content (AvgIpc) is 1.84. The minimum absolute atomic E-state index is 0. The van der Waals surface area contributed by atoms with Crippen LogP contribution in [-0.4, -0.2) is 30.3 Å². The van der Waals surface area contributed by atoms with E-state index in [9.17, 15) is 0 Å². The van der Waals surface area contributed by atoms with E-state index in [2.05, 4.69) is 29.4 Å². The summed E-state index contributed by atoms with van der Waals surface area (Å²) in [6, 6.07) is 0. The van der Waals surface area contributed by atoms with Crippen molar-refractivity contribution in [3.63, 3.8) is 0 Å². The molecule has 3 nitrogen and oxygen atoms in total. The van der Waals surface area contributed by atoms with Crippen molar-refractivity contribution in [3.8, 4) is 0 Å². The van der Waals surface area contributed by atoms with Crippen LogP contribution < -0.4 is 0 Å². The van der Waals surface area contributed by atoms with Gasteiger partial charge in [0, 0.05) is 0 Å². The number of nitrogens with zero attached hydrogens (tertiary/aromatic N) is 2. The fraction of sp³-hybridized carbons (Fsp3) is 0.909. The molecule has 0 fully saturated rings. The number of rotatable bonds is 0. The van der Waals surface area contributed by atoms with Crippen LogP contribution in [0.3, 0.4) is 0 Å². The monoisotopic (exact) mass is 297 g/mol. The Bertz CT molecular complexity index is 120. The maximum absolute atomic E-state index is 8.52. The second kappa shape index (κ2) is 12.5. The molecule has 0 atom stereocenters. The first-order chi connectivity index (χ1) is 5.97. The predicted octanol–water partition coefficient (Wildman–Crippen LogP) is 3.36. The van der Waals surface area contributed by atoms with Crippen molar-refractivity contribution >= 4 is 0 Å². The summed E-state index contributed by atoms with van der Waals surface area (Å²) in [4.78, 5) is 0. The Morgan fingerprint density at radius 3 is 1.07 bits per heavy atom. The summed E-state index contributed by atoms with van der Waals surface area (Å²) in [6.45, 7) is 11.5. The van der Waals surface area contributed by atoms with Crippen LogP contribution in [0.4, 0.5) is 0 Å². The topological polar surface area (TPSA) is 46.7 Å². The molecule has 0 bridgehead atoms. The van der Waals surface area contributed by atoms with Gasteiger partial charge in [0.2, 0.25) is 0 Å². The third kappa shape index (κ3) is 188. The van der Waals surface area contributed by atoms with Crippen LogP contribution in [0.25, 0.3) is 5.32 Å². The first-order valence-corrected chi connectivity index (χ1v) is 5.52. The summed E-state index contributed by atoms with van der Waals surface area (Å²) in [5, 5.41) is 12.0. The van der Waals surface area contributed by atoms with E-state index in [0.29, 0.717) is 0 Å². The molecule has 95 valence electrons. The molecule has 0 aliphatic heterocycles. The van der Waals surface area contributed by atoms with Gasteiger partial charge in [-0.25, -0.2) is 0 Å². The predicted molar refractivity (Wildman–Crippen MR) is 65.8 cm³/mol. The number of aliphatic hydroxyl groups is 1. The maximum Gasteiger partial charge on any atom is -0.162 e. The van der Waals surface area contributed by atoms with Gasteiger partial charge in [-0.2, -0.15) is 14.1 Å². The molecule has 4 heteroatoms. The molecule has 0 radical (unpaired) electrons. The Kier molecular flexibility index (Phi) is 20.6. The van der Waals surface area contributed by atoms with Gasteiger partial charge in [-0.05, 0) is 20.8 Å². The summed E-state index contributed by atoms with van der Waals surface area (Å²) >= 11 is 1.52. The van der Waals surface area contributed by atoms with Gasteiger partial charge < -0.3 is 17.8 Å². The van der Waals surface area contributed by atoms with Crippen molar-refractivity contribution in [2.24, 2.45) is 3.34 Å². The van der Waals surface area contributed by atoms with Gasteiger partial charge in [0.05, 0.1) is 5.60 Å². The quantitative estimate of drug-likeness (QED) is 0.541. The van der Waals surface area contributed by atoms with Gasteiger partial charge in [-0.1, -0.05) is 0 Å². The standard InChI is InChI=1S/C4H9N.C4H10O.C2H6N.CH3.Nb/c2*1-4(2,3)5;1-3-2;;/h1-3H3;5H,1-3H3;1-2H3;1H3;/q;;2*-1;. The normalized spacial score (nSPS) is 9.60. The molecule has 0 aromatic rings. The smallest absolute Gasteiger partial charge is 0.162 e. The largest absolute Gasteiger partial charge is 0.668 e. The van der Waals surface area contributed by atoms with Crippen molar-refractivity contribution in [2.75, 3.05) is 14.1 Å². The third-order valence-electron chi connectivity index (χ3n) is 0.300. The molecular formula is C11H28N2NbO-2. The van der Waals surface area contributed by atoms with Crippen LogP contribution in [0.2, 0.25) is 0 Å². The van der Waals surface area contributed by atoms with Crippen molar-refractivity contribution < 1.29 is 26.0 Å². The molecule has 0 aliphatic carbocycles. The fourth-order valence-corrected chi connectivity index (χ4v) is 0. The zero-order valence-electron chi connectivity index (χ0n) is 11.8. The van der Waals surface area contributed by atoms with Crippen LogP contribution in [-0.2, 0) is 20.9 Å².